The number of hydrogen-bond donors (Lipinski definition) is 1. The first kappa shape index (κ1) is 15.8. The molecular weight excluding hydrogens is 294 g/mol. The highest BCUT2D eigenvalue weighted by atomic mass is 16.5. The normalized spacial score (nSPS) is 18.2. The Labute approximate surface area is 135 Å². The van der Waals surface area contributed by atoms with Crippen LogP contribution in [0.4, 0.5) is 0 Å². The Balaban J connectivity index is 1.80. The molecule has 3 rings (SSSR count). The first-order chi connectivity index (χ1) is 11.2. The van der Waals surface area contributed by atoms with Gasteiger partial charge in [-0.3, -0.25) is 4.79 Å². The zero-order valence-corrected chi connectivity index (χ0v) is 13.2. The standard InChI is InChI=1S/C18H21NO4/c1-22-16-5-4-13-10-15(3-2-14(13)11-16)17-12-19(7-9-23-17)18(21)6-8-20/h2-5,10-11,17,20H,6-9,12H2,1H3/t17-/m1/s1. The summed E-state index contributed by atoms with van der Waals surface area (Å²) in [4.78, 5) is 13.7. The lowest BCUT2D eigenvalue weighted by atomic mass is 10.0. The Morgan fingerprint density at radius 2 is 2.09 bits per heavy atom. The summed E-state index contributed by atoms with van der Waals surface area (Å²) in [7, 11) is 1.66. The highest BCUT2D eigenvalue weighted by molar-refractivity contribution is 5.84. The van der Waals surface area contributed by atoms with E-state index in [4.69, 9.17) is 14.6 Å². The van der Waals surface area contributed by atoms with E-state index in [0.717, 1.165) is 22.1 Å². The summed E-state index contributed by atoms with van der Waals surface area (Å²) in [5, 5.41) is 11.1. The molecule has 1 aliphatic heterocycles. The number of morpholine rings is 1. The Kier molecular flexibility index (Phi) is 4.79. The fraction of sp³-hybridized carbons (Fsp3) is 0.389. The third-order valence-corrected chi connectivity index (χ3v) is 4.19. The number of aliphatic hydroxyl groups is 1. The van der Waals surface area contributed by atoms with Gasteiger partial charge in [0.1, 0.15) is 11.9 Å². The summed E-state index contributed by atoms with van der Waals surface area (Å²) in [5.74, 6) is 0.811. The summed E-state index contributed by atoms with van der Waals surface area (Å²) in [5.41, 5.74) is 1.06. The number of amides is 1. The molecule has 23 heavy (non-hydrogen) atoms. The van der Waals surface area contributed by atoms with Crippen LogP contribution in [-0.4, -0.2) is 49.3 Å². The van der Waals surface area contributed by atoms with Gasteiger partial charge in [0.25, 0.3) is 0 Å². The third kappa shape index (κ3) is 3.46. The van der Waals surface area contributed by atoms with Gasteiger partial charge < -0.3 is 19.5 Å². The van der Waals surface area contributed by atoms with Crippen LogP contribution in [0, 0.1) is 0 Å². The molecule has 122 valence electrons. The van der Waals surface area contributed by atoms with Gasteiger partial charge in [-0.1, -0.05) is 18.2 Å². The Hall–Kier alpha value is -2.11. The van der Waals surface area contributed by atoms with Gasteiger partial charge >= 0.3 is 0 Å². The molecule has 5 nitrogen and oxygen atoms in total. The lowest BCUT2D eigenvalue weighted by Crippen LogP contribution is -2.42. The molecule has 1 amide bonds. The van der Waals surface area contributed by atoms with E-state index in [-0.39, 0.29) is 25.0 Å². The van der Waals surface area contributed by atoms with Gasteiger partial charge in [0.15, 0.2) is 0 Å². The van der Waals surface area contributed by atoms with Crippen LogP contribution in [0.15, 0.2) is 36.4 Å². The number of carbonyl (C=O) groups excluding carboxylic acids is 1. The molecule has 1 N–H and O–H groups in total. The van der Waals surface area contributed by atoms with E-state index in [1.54, 1.807) is 12.0 Å². The second-order valence-electron chi connectivity index (χ2n) is 5.65. The summed E-state index contributed by atoms with van der Waals surface area (Å²) >= 11 is 0. The average Bonchev–Trinajstić information content (AvgIpc) is 2.61. The van der Waals surface area contributed by atoms with Gasteiger partial charge in [0, 0.05) is 13.0 Å². The fourth-order valence-corrected chi connectivity index (χ4v) is 2.90. The quantitative estimate of drug-likeness (QED) is 0.939. The Morgan fingerprint density at radius 3 is 2.87 bits per heavy atom. The number of fused-ring (bicyclic) bond motifs is 1. The maximum atomic E-state index is 12.0. The number of aliphatic hydroxyl groups excluding tert-OH is 1. The van der Waals surface area contributed by atoms with Crippen molar-refractivity contribution in [2.24, 2.45) is 0 Å². The van der Waals surface area contributed by atoms with E-state index in [2.05, 4.69) is 6.07 Å². The van der Waals surface area contributed by atoms with Gasteiger partial charge in [-0.2, -0.15) is 0 Å². The molecule has 0 unspecified atom stereocenters. The summed E-state index contributed by atoms with van der Waals surface area (Å²) in [6.45, 7) is 1.52. The number of ether oxygens (including phenoxy) is 2. The predicted molar refractivity (Wildman–Crippen MR) is 87.5 cm³/mol. The Morgan fingerprint density at radius 1 is 1.30 bits per heavy atom. The van der Waals surface area contributed by atoms with E-state index in [1.165, 1.54) is 0 Å². The van der Waals surface area contributed by atoms with Gasteiger partial charge in [-0.25, -0.2) is 0 Å². The van der Waals surface area contributed by atoms with Crippen molar-refractivity contribution in [3.8, 4) is 5.75 Å². The number of rotatable bonds is 4. The minimum atomic E-state index is -0.127. The van der Waals surface area contributed by atoms with Crippen molar-refractivity contribution in [3.05, 3.63) is 42.0 Å². The highest BCUT2D eigenvalue weighted by Crippen LogP contribution is 2.28. The minimum Gasteiger partial charge on any atom is -0.497 e. The van der Waals surface area contributed by atoms with Crippen LogP contribution in [0.2, 0.25) is 0 Å². The van der Waals surface area contributed by atoms with Gasteiger partial charge in [-0.15, -0.1) is 0 Å². The zero-order chi connectivity index (χ0) is 16.2. The zero-order valence-electron chi connectivity index (χ0n) is 13.2. The number of benzene rings is 2. The molecule has 2 aromatic rings. The van der Waals surface area contributed by atoms with E-state index in [0.29, 0.717) is 19.7 Å². The molecule has 1 fully saturated rings. The molecule has 1 aliphatic rings. The van der Waals surface area contributed by atoms with Crippen LogP contribution >= 0.6 is 0 Å². The summed E-state index contributed by atoms with van der Waals surface area (Å²) in [6.07, 6.45) is 0.0439. The van der Waals surface area contributed by atoms with Crippen LogP contribution in [-0.2, 0) is 9.53 Å². The molecule has 0 aliphatic carbocycles. The van der Waals surface area contributed by atoms with Crippen molar-refractivity contribution >= 4 is 16.7 Å². The number of methoxy groups -OCH3 is 1. The molecule has 0 saturated carbocycles. The SMILES string of the molecule is COc1ccc2cc([C@H]3CN(C(=O)CCO)CCO3)ccc2c1. The van der Waals surface area contributed by atoms with E-state index < -0.39 is 0 Å². The molecule has 1 heterocycles. The molecule has 1 saturated heterocycles. The maximum absolute atomic E-state index is 12.0. The molecule has 0 radical (unpaired) electrons. The largest absolute Gasteiger partial charge is 0.497 e. The minimum absolute atomic E-state index is 0.0219. The second kappa shape index (κ2) is 6.98. The van der Waals surface area contributed by atoms with Gasteiger partial charge in [0.05, 0.1) is 26.9 Å². The smallest absolute Gasteiger partial charge is 0.225 e. The first-order valence-electron chi connectivity index (χ1n) is 7.79. The van der Waals surface area contributed by atoms with Crippen LogP contribution in [0.3, 0.4) is 0 Å². The average molecular weight is 315 g/mol. The van der Waals surface area contributed by atoms with Crippen LogP contribution < -0.4 is 4.74 Å². The molecule has 2 aromatic carbocycles. The molecule has 0 bridgehead atoms. The number of hydrogen-bond acceptors (Lipinski definition) is 4. The summed E-state index contributed by atoms with van der Waals surface area (Å²) in [6, 6.07) is 12.1. The van der Waals surface area contributed by atoms with Crippen LogP contribution in [0.5, 0.6) is 5.75 Å². The van der Waals surface area contributed by atoms with Gasteiger partial charge in [0.2, 0.25) is 5.91 Å². The molecule has 0 aromatic heterocycles. The topological polar surface area (TPSA) is 59.0 Å². The lowest BCUT2D eigenvalue weighted by Gasteiger charge is -2.33. The van der Waals surface area contributed by atoms with Crippen molar-refractivity contribution in [1.82, 2.24) is 4.90 Å². The van der Waals surface area contributed by atoms with Crippen molar-refractivity contribution in [2.75, 3.05) is 33.4 Å². The van der Waals surface area contributed by atoms with E-state index in [9.17, 15) is 4.79 Å². The van der Waals surface area contributed by atoms with Crippen molar-refractivity contribution in [3.63, 3.8) is 0 Å². The van der Waals surface area contributed by atoms with Crippen molar-refractivity contribution in [1.29, 1.82) is 0 Å². The monoisotopic (exact) mass is 315 g/mol. The second-order valence-corrected chi connectivity index (χ2v) is 5.65. The number of carbonyl (C=O) groups is 1. The summed E-state index contributed by atoms with van der Waals surface area (Å²) < 4.78 is 11.1. The molecule has 0 spiro atoms. The van der Waals surface area contributed by atoms with Gasteiger partial charge in [-0.05, 0) is 34.5 Å². The Bertz CT molecular complexity index is 700. The van der Waals surface area contributed by atoms with Crippen LogP contribution in [0.1, 0.15) is 18.1 Å². The van der Waals surface area contributed by atoms with Crippen molar-refractivity contribution in [2.45, 2.75) is 12.5 Å². The molecular formula is C18H21NO4. The maximum Gasteiger partial charge on any atom is 0.225 e. The predicted octanol–water partition coefficient (Wildman–Crippen LogP) is 2.13. The molecule has 5 heteroatoms. The van der Waals surface area contributed by atoms with E-state index >= 15 is 0 Å². The molecule has 1 atom stereocenters. The first-order valence-corrected chi connectivity index (χ1v) is 7.79. The number of nitrogens with zero attached hydrogens (tertiary/aromatic N) is 1. The van der Waals surface area contributed by atoms with Crippen LogP contribution in [0.25, 0.3) is 10.8 Å². The fourth-order valence-electron chi connectivity index (χ4n) is 2.90. The highest BCUT2D eigenvalue weighted by Gasteiger charge is 2.25. The van der Waals surface area contributed by atoms with E-state index in [1.807, 2.05) is 30.3 Å². The third-order valence-electron chi connectivity index (χ3n) is 4.19. The lowest BCUT2D eigenvalue weighted by molar-refractivity contribution is -0.139. The van der Waals surface area contributed by atoms with Crippen molar-refractivity contribution < 1.29 is 19.4 Å².